The van der Waals surface area contributed by atoms with Crippen LogP contribution in [0.2, 0.25) is 0 Å². The van der Waals surface area contributed by atoms with E-state index in [0.717, 1.165) is 24.0 Å². The number of carbonyl (C=O) groups excluding carboxylic acids is 1. The molecule has 0 aliphatic carbocycles. The fourth-order valence-electron chi connectivity index (χ4n) is 4.04. The fraction of sp³-hybridized carbons (Fsp3) is 0.261. The van der Waals surface area contributed by atoms with Crippen LogP contribution >= 0.6 is 12.4 Å². The standard InChI is InChI=1S/C23H22N4O4.ClH/c28-21(18-12-15-3-1-2-4-20(15)31-22(18)29)26-17-5-6-19-16(11-17)13-25-27(19)14-23(30)7-9-24-10-8-23;/h1-6,11-13,24,30H,7-10,14H2,(H,26,28);1H. The first kappa shape index (κ1) is 22.0. The van der Waals surface area contributed by atoms with Gasteiger partial charge in [0.1, 0.15) is 11.1 Å². The van der Waals surface area contributed by atoms with Gasteiger partial charge in [-0.05, 0) is 56.3 Å². The van der Waals surface area contributed by atoms with Gasteiger partial charge in [0.05, 0.1) is 23.9 Å². The van der Waals surface area contributed by atoms with Crippen molar-refractivity contribution in [3.05, 3.63) is 70.7 Å². The summed E-state index contributed by atoms with van der Waals surface area (Å²) in [6, 6.07) is 14.0. The first-order valence-electron chi connectivity index (χ1n) is 10.2. The Kier molecular flexibility index (Phi) is 6.01. The Morgan fingerprint density at radius 1 is 1.16 bits per heavy atom. The predicted molar refractivity (Wildman–Crippen MR) is 124 cm³/mol. The maximum Gasteiger partial charge on any atom is 0.349 e. The highest BCUT2D eigenvalue weighted by molar-refractivity contribution is 6.06. The number of rotatable bonds is 4. The molecule has 5 rings (SSSR count). The summed E-state index contributed by atoms with van der Waals surface area (Å²) in [4.78, 5) is 24.9. The highest BCUT2D eigenvalue weighted by Crippen LogP contribution is 2.25. The van der Waals surface area contributed by atoms with Crippen molar-refractivity contribution >= 4 is 45.9 Å². The average Bonchev–Trinajstić information content (AvgIpc) is 3.15. The lowest BCUT2D eigenvalue weighted by molar-refractivity contribution is -0.00716. The van der Waals surface area contributed by atoms with Crippen LogP contribution in [0.25, 0.3) is 21.9 Å². The molecule has 1 fully saturated rings. The normalized spacial score (nSPS) is 15.4. The van der Waals surface area contributed by atoms with E-state index < -0.39 is 17.1 Å². The van der Waals surface area contributed by atoms with Crippen molar-refractivity contribution in [2.45, 2.75) is 25.0 Å². The summed E-state index contributed by atoms with van der Waals surface area (Å²) in [5, 5.41) is 22.8. The highest BCUT2D eigenvalue weighted by atomic mass is 35.5. The topological polar surface area (TPSA) is 109 Å². The highest BCUT2D eigenvalue weighted by Gasteiger charge is 2.30. The third kappa shape index (κ3) is 4.25. The molecule has 1 amide bonds. The Morgan fingerprint density at radius 2 is 1.94 bits per heavy atom. The molecular weight excluding hydrogens is 432 g/mol. The summed E-state index contributed by atoms with van der Waals surface area (Å²) in [6.07, 6.45) is 3.06. The van der Waals surface area contributed by atoms with Gasteiger partial charge in [0.15, 0.2) is 0 Å². The Labute approximate surface area is 189 Å². The predicted octanol–water partition coefficient (Wildman–Crippen LogP) is 2.93. The third-order valence-electron chi connectivity index (χ3n) is 5.76. The van der Waals surface area contributed by atoms with E-state index in [0.29, 0.717) is 36.0 Å². The number of hydrogen-bond donors (Lipinski definition) is 3. The quantitative estimate of drug-likeness (QED) is 0.409. The summed E-state index contributed by atoms with van der Waals surface area (Å²) >= 11 is 0. The van der Waals surface area contributed by atoms with Gasteiger partial charge in [-0.3, -0.25) is 9.48 Å². The van der Waals surface area contributed by atoms with Crippen LogP contribution in [0.1, 0.15) is 23.2 Å². The Balaban J connectivity index is 0.00000245. The SMILES string of the molecule is Cl.O=C(Nc1ccc2c(cnn2CC2(O)CCNCC2)c1)c1cc2ccccc2oc1=O. The van der Waals surface area contributed by atoms with E-state index >= 15 is 0 Å². The van der Waals surface area contributed by atoms with Gasteiger partial charge in [-0.1, -0.05) is 18.2 Å². The number of amides is 1. The number of anilines is 1. The number of aliphatic hydroxyl groups is 1. The molecule has 0 unspecified atom stereocenters. The molecular formula is C23H23ClN4O4. The molecule has 32 heavy (non-hydrogen) atoms. The second kappa shape index (κ2) is 8.74. The second-order valence-corrected chi connectivity index (χ2v) is 7.99. The Morgan fingerprint density at radius 3 is 2.75 bits per heavy atom. The van der Waals surface area contributed by atoms with Crippen molar-refractivity contribution in [2.24, 2.45) is 0 Å². The molecule has 1 saturated heterocycles. The maximum atomic E-state index is 12.7. The van der Waals surface area contributed by atoms with E-state index in [1.165, 1.54) is 6.07 Å². The molecule has 0 atom stereocenters. The molecule has 2 aromatic heterocycles. The van der Waals surface area contributed by atoms with Crippen LogP contribution in [0, 0.1) is 0 Å². The van der Waals surface area contributed by atoms with E-state index in [9.17, 15) is 14.7 Å². The van der Waals surface area contributed by atoms with E-state index in [4.69, 9.17) is 4.42 Å². The Hall–Kier alpha value is -3.20. The Bertz CT molecular complexity index is 1340. The molecule has 9 heteroatoms. The molecule has 1 aliphatic heterocycles. The molecule has 4 aromatic rings. The van der Waals surface area contributed by atoms with Crippen molar-refractivity contribution < 1.29 is 14.3 Å². The molecule has 0 saturated carbocycles. The van der Waals surface area contributed by atoms with Crippen LogP contribution in [-0.4, -0.2) is 39.5 Å². The molecule has 8 nitrogen and oxygen atoms in total. The van der Waals surface area contributed by atoms with Gasteiger partial charge >= 0.3 is 5.63 Å². The van der Waals surface area contributed by atoms with Crippen molar-refractivity contribution in [3.8, 4) is 0 Å². The number of benzene rings is 2. The van der Waals surface area contributed by atoms with Crippen LogP contribution in [0.4, 0.5) is 5.69 Å². The minimum absolute atomic E-state index is 0. The van der Waals surface area contributed by atoms with Crippen LogP contribution < -0.4 is 16.3 Å². The molecule has 3 heterocycles. The molecule has 1 aliphatic rings. The first-order valence-corrected chi connectivity index (χ1v) is 10.2. The number of halogens is 1. The molecule has 3 N–H and O–H groups in total. The minimum Gasteiger partial charge on any atom is -0.422 e. The smallest absolute Gasteiger partial charge is 0.349 e. The monoisotopic (exact) mass is 454 g/mol. The fourth-order valence-corrected chi connectivity index (χ4v) is 4.04. The van der Waals surface area contributed by atoms with Gasteiger partial charge in [-0.25, -0.2) is 4.79 Å². The van der Waals surface area contributed by atoms with Gasteiger partial charge in [0.25, 0.3) is 5.91 Å². The van der Waals surface area contributed by atoms with E-state index in [2.05, 4.69) is 15.7 Å². The van der Waals surface area contributed by atoms with Crippen molar-refractivity contribution in [2.75, 3.05) is 18.4 Å². The van der Waals surface area contributed by atoms with E-state index in [1.807, 2.05) is 12.1 Å². The molecule has 0 radical (unpaired) electrons. The van der Waals surface area contributed by atoms with Gasteiger partial charge in [-0.15, -0.1) is 12.4 Å². The zero-order valence-corrected chi connectivity index (χ0v) is 18.0. The molecule has 2 aromatic carbocycles. The van der Waals surface area contributed by atoms with Crippen LogP contribution in [-0.2, 0) is 6.54 Å². The minimum atomic E-state index is -0.777. The number of hydrogen-bond acceptors (Lipinski definition) is 6. The van der Waals surface area contributed by atoms with Crippen molar-refractivity contribution in [1.29, 1.82) is 0 Å². The number of carbonyl (C=O) groups is 1. The summed E-state index contributed by atoms with van der Waals surface area (Å²) in [6.45, 7) is 1.99. The van der Waals surface area contributed by atoms with Crippen molar-refractivity contribution in [3.63, 3.8) is 0 Å². The lowest BCUT2D eigenvalue weighted by Gasteiger charge is -2.32. The lowest BCUT2D eigenvalue weighted by atomic mass is 9.92. The number of nitrogens with zero attached hydrogens (tertiary/aromatic N) is 2. The van der Waals surface area contributed by atoms with Crippen LogP contribution in [0.5, 0.6) is 0 Å². The van der Waals surface area contributed by atoms with Gasteiger partial charge in [0, 0.05) is 16.5 Å². The number of fused-ring (bicyclic) bond motifs is 2. The molecule has 0 bridgehead atoms. The van der Waals surface area contributed by atoms with Crippen LogP contribution in [0.15, 0.2) is 63.9 Å². The summed E-state index contributed by atoms with van der Waals surface area (Å²) in [5.41, 5.74) is 0.345. The van der Waals surface area contributed by atoms with E-state index in [-0.39, 0.29) is 18.0 Å². The van der Waals surface area contributed by atoms with Crippen LogP contribution in [0.3, 0.4) is 0 Å². The first-order chi connectivity index (χ1) is 15.0. The maximum absolute atomic E-state index is 12.7. The van der Waals surface area contributed by atoms with E-state index in [1.54, 1.807) is 41.2 Å². The van der Waals surface area contributed by atoms with Gasteiger partial charge < -0.3 is 20.2 Å². The van der Waals surface area contributed by atoms with Crippen molar-refractivity contribution in [1.82, 2.24) is 15.1 Å². The lowest BCUT2D eigenvalue weighted by Crippen LogP contribution is -2.44. The summed E-state index contributed by atoms with van der Waals surface area (Å²) in [5.74, 6) is -0.532. The number of aromatic nitrogens is 2. The average molecular weight is 455 g/mol. The number of para-hydroxylation sites is 1. The largest absolute Gasteiger partial charge is 0.422 e. The summed E-state index contributed by atoms with van der Waals surface area (Å²) in [7, 11) is 0. The number of piperidine rings is 1. The summed E-state index contributed by atoms with van der Waals surface area (Å²) < 4.78 is 7.04. The van der Waals surface area contributed by atoms with Gasteiger partial charge in [0.2, 0.25) is 0 Å². The molecule has 0 spiro atoms. The third-order valence-corrected chi connectivity index (χ3v) is 5.76. The number of nitrogens with one attached hydrogen (secondary N) is 2. The zero-order valence-electron chi connectivity index (χ0n) is 17.2. The molecule has 166 valence electrons. The second-order valence-electron chi connectivity index (χ2n) is 7.99. The van der Waals surface area contributed by atoms with Gasteiger partial charge in [-0.2, -0.15) is 5.10 Å². The zero-order chi connectivity index (χ0) is 21.4.